The molecule has 39 heavy (non-hydrogen) atoms. The van der Waals surface area contributed by atoms with E-state index in [-0.39, 0.29) is 12.1 Å². The fourth-order valence-corrected chi connectivity index (χ4v) is 2.32. The molecular weight excluding hydrogens is 597 g/mol. The molecule has 222 valence electrons. The standard InChI is InChI=1S/C19H10F17NO2/c1-2-7-37-12(38)8-3-5-9(6-4-8)39-11(21)10(20)13(22,23)14(24,25)15(26,27)16(28,29)17(30,31)18(32,33)19(34,35)36/h2-6H,1,7H2,(H,37,38). The lowest BCUT2D eigenvalue weighted by molar-refractivity contribution is -0.451. The second-order valence-corrected chi connectivity index (χ2v) is 7.16. The minimum absolute atomic E-state index is 0.0770. The highest BCUT2D eigenvalue weighted by atomic mass is 19.4. The number of amides is 1. The van der Waals surface area contributed by atoms with Crippen LogP contribution in [0.25, 0.3) is 0 Å². The number of hydrogen-bond acceptors (Lipinski definition) is 2. The van der Waals surface area contributed by atoms with Gasteiger partial charge in [0.25, 0.3) is 5.91 Å². The van der Waals surface area contributed by atoms with Crippen molar-refractivity contribution in [1.82, 2.24) is 5.32 Å². The van der Waals surface area contributed by atoms with Crippen molar-refractivity contribution in [3.8, 4) is 5.75 Å². The first-order valence-electron chi connectivity index (χ1n) is 9.32. The summed E-state index contributed by atoms with van der Waals surface area (Å²) >= 11 is 0. The number of rotatable bonds is 11. The molecule has 0 aromatic heterocycles. The Kier molecular flexibility index (Phi) is 9.01. The predicted octanol–water partition coefficient (Wildman–Crippen LogP) is 7.46. The van der Waals surface area contributed by atoms with Crippen LogP contribution in [0.3, 0.4) is 0 Å². The summed E-state index contributed by atoms with van der Waals surface area (Å²) in [6.07, 6.45) is -6.59. The number of halogens is 17. The average molecular weight is 607 g/mol. The fraction of sp³-hybridized carbons (Fsp3) is 0.421. The largest absolute Gasteiger partial charge is 0.460 e. The first-order valence-corrected chi connectivity index (χ1v) is 9.32. The van der Waals surface area contributed by atoms with Crippen LogP contribution in [0.2, 0.25) is 0 Å². The number of carbonyl (C=O) groups excluding carboxylic acids is 1. The lowest BCUT2D eigenvalue weighted by atomic mass is 9.91. The molecule has 0 atom stereocenters. The van der Waals surface area contributed by atoms with Crippen LogP contribution in [0, 0.1) is 0 Å². The Hall–Kier alpha value is -3.22. The van der Waals surface area contributed by atoms with E-state index in [1.807, 2.05) is 0 Å². The third-order valence-corrected chi connectivity index (χ3v) is 4.51. The van der Waals surface area contributed by atoms with Crippen molar-refractivity contribution in [2.45, 2.75) is 41.7 Å². The summed E-state index contributed by atoms with van der Waals surface area (Å²) in [4.78, 5) is 11.6. The monoisotopic (exact) mass is 607 g/mol. The number of alkyl halides is 15. The second kappa shape index (κ2) is 10.4. The Morgan fingerprint density at radius 2 is 1.13 bits per heavy atom. The maximum Gasteiger partial charge on any atom is 0.460 e. The molecule has 0 fully saturated rings. The quantitative estimate of drug-likeness (QED) is 0.161. The van der Waals surface area contributed by atoms with Gasteiger partial charge in [-0.05, 0) is 24.3 Å². The molecule has 0 unspecified atom stereocenters. The van der Waals surface area contributed by atoms with Crippen molar-refractivity contribution in [2.75, 3.05) is 6.54 Å². The zero-order chi connectivity index (χ0) is 31.0. The first kappa shape index (κ1) is 33.8. The number of ether oxygens (including phenoxy) is 1. The van der Waals surface area contributed by atoms with Gasteiger partial charge in [0, 0.05) is 12.1 Å². The van der Waals surface area contributed by atoms with Crippen LogP contribution in [0.4, 0.5) is 74.6 Å². The van der Waals surface area contributed by atoms with Crippen molar-refractivity contribution in [2.24, 2.45) is 0 Å². The van der Waals surface area contributed by atoms with Crippen LogP contribution >= 0.6 is 0 Å². The predicted molar refractivity (Wildman–Crippen MR) is 94.6 cm³/mol. The molecule has 0 spiro atoms. The summed E-state index contributed by atoms with van der Waals surface area (Å²) in [6, 6.07) is -1.23. The Labute approximate surface area is 204 Å². The maximum atomic E-state index is 13.7. The van der Waals surface area contributed by atoms with Crippen molar-refractivity contribution in [3.63, 3.8) is 0 Å². The van der Waals surface area contributed by atoms with Gasteiger partial charge in [-0.15, -0.1) is 6.58 Å². The Bertz CT molecular complexity index is 1090. The Morgan fingerprint density at radius 1 is 0.718 bits per heavy atom. The number of allylic oxidation sites excluding steroid dienone is 1. The molecule has 0 saturated heterocycles. The minimum Gasteiger partial charge on any atom is -0.430 e. The molecule has 20 heteroatoms. The van der Waals surface area contributed by atoms with Crippen LogP contribution in [0.5, 0.6) is 5.75 Å². The molecule has 1 amide bonds. The molecule has 1 N–H and O–H groups in total. The van der Waals surface area contributed by atoms with Gasteiger partial charge in [0.1, 0.15) is 5.75 Å². The normalized spacial score (nSPS) is 15.0. The van der Waals surface area contributed by atoms with E-state index in [4.69, 9.17) is 0 Å². The summed E-state index contributed by atoms with van der Waals surface area (Å²) in [6.45, 7) is 3.17. The highest BCUT2D eigenvalue weighted by Crippen LogP contribution is 2.63. The van der Waals surface area contributed by atoms with Crippen molar-refractivity contribution >= 4 is 5.91 Å². The van der Waals surface area contributed by atoms with E-state index in [9.17, 15) is 79.4 Å². The maximum absolute atomic E-state index is 13.7. The lowest BCUT2D eigenvalue weighted by Crippen LogP contribution is -2.72. The van der Waals surface area contributed by atoms with Crippen molar-refractivity contribution in [1.29, 1.82) is 0 Å². The van der Waals surface area contributed by atoms with Crippen LogP contribution in [0.1, 0.15) is 10.4 Å². The highest BCUT2D eigenvalue weighted by Gasteiger charge is 2.93. The summed E-state index contributed by atoms with van der Waals surface area (Å²) in [5.41, 5.74) is -0.274. The lowest BCUT2D eigenvalue weighted by Gasteiger charge is -2.41. The fourth-order valence-electron chi connectivity index (χ4n) is 2.32. The second-order valence-electron chi connectivity index (χ2n) is 7.16. The molecule has 1 aromatic rings. The smallest absolute Gasteiger partial charge is 0.430 e. The number of carbonyl (C=O) groups is 1. The van der Waals surface area contributed by atoms with Gasteiger partial charge >= 0.3 is 47.7 Å². The summed E-state index contributed by atoms with van der Waals surface area (Å²) in [5, 5.41) is 2.20. The molecule has 0 radical (unpaired) electrons. The summed E-state index contributed by atoms with van der Waals surface area (Å²) in [7, 11) is 0. The van der Waals surface area contributed by atoms with E-state index in [0.717, 1.165) is 0 Å². The van der Waals surface area contributed by atoms with Gasteiger partial charge in [-0.25, -0.2) is 0 Å². The van der Waals surface area contributed by atoms with Crippen LogP contribution in [-0.2, 0) is 0 Å². The Morgan fingerprint density at radius 3 is 1.54 bits per heavy atom. The molecular formula is C19H10F17NO2. The van der Waals surface area contributed by atoms with Gasteiger partial charge in [-0.1, -0.05) is 6.08 Å². The summed E-state index contributed by atoms with van der Waals surface area (Å²) < 4.78 is 228. The van der Waals surface area contributed by atoms with E-state index >= 15 is 0 Å². The topological polar surface area (TPSA) is 38.3 Å². The first-order chi connectivity index (χ1) is 17.3. The molecule has 0 bridgehead atoms. The van der Waals surface area contributed by atoms with E-state index in [2.05, 4.69) is 16.6 Å². The molecule has 0 heterocycles. The molecule has 1 rings (SSSR count). The molecule has 0 aliphatic rings. The molecule has 3 nitrogen and oxygen atoms in total. The van der Waals surface area contributed by atoms with Gasteiger partial charge in [0.15, 0.2) is 0 Å². The number of nitrogens with one attached hydrogen (secondary N) is 1. The third-order valence-electron chi connectivity index (χ3n) is 4.51. The van der Waals surface area contributed by atoms with Crippen molar-refractivity contribution < 1.29 is 84.2 Å². The molecule has 0 saturated carbocycles. The third kappa shape index (κ3) is 5.45. The number of hydrogen-bond donors (Lipinski definition) is 1. The SMILES string of the molecule is C=CCNC(=O)c1ccc(OC(F)=C(F)C(F)(F)C(F)(F)C(F)(F)C(F)(F)C(F)(F)C(F)(F)C(F)(F)F)cc1. The van der Waals surface area contributed by atoms with Gasteiger partial charge in [0.05, 0.1) is 0 Å². The van der Waals surface area contributed by atoms with Gasteiger partial charge in [-0.2, -0.15) is 74.6 Å². The highest BCUT2D eigenvalue weighted by molar-refractivity contribution is 5.94. The van der Waals surface area contributed by atoms with Gasteiger partial charge in [0.2, 0.25) is 5.83 Å². The molecule has 0 aliphatic carbocycles. The van der Waals surface area contributed by atoms with Gasteiger partial charge in [-0.3, -0.25) is 4.79 Å². The van der Waals surface area contributed by atoms with E-state index in [0.29, 0.717) is 24.3 Å². The van der Waals surface area contributed by atoms with Gasteiger partial charge < -0.3 is 10.1 Å². The summed E-state index contributed by atoms with van der Waals surface area (Å²) in [5.74, 6) is -56.4. The molecule has 1 aromatic carbocycles. The van der Waals surface area contributed by atoms with E-state index in [1.54, 1.807) is 0 Å². The van der Waals surface area contributed by atoms with Crippen LogP contribution in [0.15, 0.2) is 48.8 Å². The zero-order valence-electron chi connectivity index (χ0n) is 18.0. The van der Waals surface area contributed by atoms with Crippen LogP contribution < -0.4 is 10.1 Å². The van der Waals surface area contributed by atoms with E-state index < -0.39 is 65.2 Å². The van der Waals surface area contributed by atoms with E-state index in [1.165, 1.54) is 6.08 Å². The Balaban J connectivity index is 3.45. The zero-order valence-corrected chi connectivity index (χ0v) is 18.0. The molecule has 0 aliphatic heterocycles. The number of benzene rings is 1. The minimum atomic E-state index is -8.66. The van der Waals surface area contributed by atoms with Crippen molar-refractivity contribution in [3.05, 3.63) is 54.3 Å². The average Bonchev–Trinajstić information content (AvgIpc) is 2.80. The van der Waals surface area contributed by atoms with Crippen LogP contribution in [-0.4, -0.2) is 54.2 Å².